The summed E-state index contributed by atoms with van der Waals surface area (Å²) in [6, 6.07) is 4.38. The topological polar surface area (TPSA) is 16.1 Å². The van der Waals surface area contributed by atoms with Crippen LogP contribution in [0.4, 0.5) is 5.82 Å². The van der Waals surface area contributed by atoms with E-state index in [1.807, 2.05) is 6.20 Å². The van der Waals surface area contributed by atoms with Crippen LogP contribution in [0, 0.1) is 0 Å². The van der Waals surface area contributed by atoms with Crippen LogP contribution in [0.1, 0.15) is 44.6 Å². The van der Waals surface area contributed by atoms with Gasteiger partial charge in [0, 0.05) is 19.3 Å². The summed E-state index contributed by atoms with van der Waals surface area (Å²) < 4.78 is 0. The van der Waals surface area contributed by atoms with Crippen LogP contribution >= 0.6 is 0 Å². The summed E-state index contributed by atoms with van der Waals surface area (Å²) in [6.45, 7) is 6.76. The molecule has 1 aliphatic rings. The van der Waals surface area contributed by atoms with Crippen LogP contribution in [-0.2, 0) is 0 Å². The van der Waals surface area contributed by atoms with E-state index in [-0.39, 0.29) is 0 Å². The third-order valence-electron chi connectivity index (χ3n) is 3.12. The van der Waals surface area contributed by atoms with Gasteiger partial charge in [0.2, 0.25) is 0 Å². The molecule has 0 unspecified atom stereocenters. The highest BCUT2D eigenvalue weighted by Crippen LogP contribution is 2.20. The predicted octanol–water partition coefficient (Wildman–Crippen LogP) is 3.20. The van der Waals surface area contributed by atoms with Crippen LogP contribution in [0.25, 0.3) is 0 Å². The first-order valence-corrected chi connectivity index (χ1v) is 5.98. The number of hydrogen-bond donors (Lipinski definition) is 0. The Labute approximate surface area is 92.3 Å². The number of pyridine rings is 1. The molecule has 1 aromatic rings. The Bertz CT molecular complexity index is 297. The van der Waals surface area contributed by atoms with Gasteiger partial charge in [-0.15, -0.1) is 0 Å². The van der Waals surface area contributed by atoms with Gasteiger partial charge in [-0.05, 0) is 36.8 Å². The largest absolute Gasteiger partial charge is 0.357 e. The maximum Gasteiger partial charge on any atom is 0.128 e. The molecule has 0 spiro atoms. The molecule has 1 aliphatic heterocycles. The van der Waals surface area contributed by atoms with Gasteiger partial charge in [-0.25, -0.2) is 4.98 Å². The summed E-state index contributed by atoms with van der Waals surface area (Å²) in [5.74, 6) is 1.73. The zero-order chi connectivity index (χ0) is 10.7. The Morgan fingerprint density at radius 2 is 1.87 bits per heavy atom. The smallest absolute Gasteiger partial charge is 0.128 e. The van der Waals surface area contributed by atoms with Gasteiger partial charge in [-0.3, -0.25) is 0 Å². The van der Waals surface area contributed by atoms with Crippen molar-refractivity contribution in [1.82, 2.24) is 4.98 Å². The first-order chi connectivity index (χ1) is 7.27. The molecule has 1 aromatic heterocycles. The van der Waals surface area contributed by atoms with E-state index in [4.69, 9.17) is 0 Å². The van der Waals surface area contributed by atoms with Gasteiger partial charge in [0.15, 0.2) is 0 Å². The second-order valence-corrected chi connectivity index (χ2v) is 4.65. The lowest BCUT2D eigenvalue weighted by Crippen LogP contribution is -2.30. The van der Waals surface area contributed by atoms with Crippen molar-refractivity contribution in [3.05, 3.63) is 23.9 Å². The van der Waals surface area contributed by atoms with E-state index < -0.39 is 0 Å². The molecule has 1 fully saturated rings. The number of aromatic nitrogens is 1. The number of anilines is 1. The quantitative estimate of drug-likeness (QED) is 0.735. The van der Waals surface area contributed by atoms with Crippen molar-refractivity contribution in [2.75, 3.05) is 18.0 Å². The van der Waals surface area contributed by atoms with Crippen molar-refractivity contribution < 1.29 is 0 Å². The van der Waals surface area contributed by atoms with Crippen molar-refractivity contribution in [3.8, 4) is 0 Å². The van der Waals surface area contributed by atoms with E-state index in [1.54, 1.807) is 0 Å². The first kappa shape index (κ1) is 10.5. The zero-order valence-electron chi connectivity index (χ0n) is 9.74. The summed E-state index contributed by atoms with van der Waals surface area (Å²) in [5, 5.41) is 0. The van der Waals surface area contributed by atoms with Crippen LogP contribution in [0.5, 0.6) is 0 Å². The molecule has 1 saturated heterocycles. The van der Waals surface area contributed by atoms with Crippen molar-refractivity contribution in [1.29, 1.82) is 0 Å². The highest BCUT2D eigenvalue weighted by Gasteiger charge is 2.11. The fourth-order valence-corrected chi connectivity index (χ4v) is 2.05. The Morgan fingerprint density at radius 3 is 2.40 bits per heavy atom. The van der Waals surface area contributed by atoms with Crippen LogP contribution < -0.4 is 4.90 Å². The average molecular weight is 204 g/mol. The van der Waals surface area contributed by atoms with E-state index >= 15 is 0 Å². The molecule has 15 heavy (non-hydrogen) atoms. The molecule has 0 aromatic carbocycles. The Morgan fingerprint density at radius 1 is 1.13 bits per heavy atom. The minimum atomic E-state index is 0.577. The van der Waals surface area contributed by atoms with Gasteiger partial charge < -0.3 is 4.90 Å². The molecule has 0 atom stereocenters. The number of rotatable bonds is 2. The second kappa shape index (κ2) is 4.65. The molecule has 0 saturated carbocycles. The van der Waals surface area contributed by atoms with Gasteiger partial charge in [0.1, 0.15) is 5.82 Å². The zero-order valence-corrected chi connectivity index (χ0v) is 9.74. The normalized spacial score (nSPS) is 17.1. The second-order valence-electron chi connectivity index (χ2n) is 4.65. The van der Waals surface area contributed by atoms with Gasteiger partial charge >= 0.3 is 0 Å². The van der Waals surface area contributed by atoms with E-state index in [9.17, 15) is 0 Å². The van der Waals surface area contributed by atoms with E-state index in [1.165, 1.54) is 37.9 Å². The molecule has 0 radical (unpaired) electrons. The molecule has 2 nitrogen and oxygen atoms in total. The number of piperidine rings is 1. The molecule has 2 heteroatoms. The molecule has 2 heterocycles. The molecular formula is C13H20N2. The van der Waals surface area contributed by atoms with Crippen molar-refractivity contribution in [2.24, 2.45) is 0 Å². The minimum Gasteiger partial charge on any atom is -0.357 e. The fraction of sp³-hybridized carbons (Fsp3) is 0.615. The van der Waals surface area contributed by atoms with E-state index in [2.05, 4.69) is 35.9 Å². The summed E-state index contributed by atoms with van der Waals surface area (Å²) >= 11 is 0. The van der Waals surface area contributed by atoms with Crippen LogP contribution in [0.15, 0.2) is 18.3 Å². The fourth-order valence-electron chi connectivity index (χ4n) is 2.05. The van der Waals surface area contributed by atoms with Gasteiger partial charge in [0.05, 0.1) is 0 Å². The Kier molecular flexibility index (Phi) is 3.24. The summed E-state index contributed by atoms with van der Waals surface area (Å²) in [6.07, 6.45) is 6.02. The Balaban J connectivity index is 2.08. The summed E-state index contributed by atoms with van der Waals surface area (Å²) in [4.78, 5) is 6.95. The van der Waals surface area contributed by atoms with Crippen molar-refractivity contribution in [2.45, 2.75) is 39.0 Å². The lowest BCUT2D eigenvalue weighted by atomic mass is 10.1. The minimum absolute atomic E-state index is 0.577. The lowest BCUT2D eigenvalue weighted by Gasteiger charge is -2.27. The maximum absolute atomic E-state index is 4.55. The highest BCUT2D eigenvalue weighted by molar-refractivity contribution is 5.40. The molecule has 82 valence electrons. The molecule has 0 aliphatic carbocycles. The van der Waals surface area contributed by atoms with Crippen molar-refractivity contribution in [3.63, 3.8) is 0 Å². The lowest BCUT2D eigenvalue weighted by molar-refractivity contribution is 0.573. The van der Waals surface area contributed by atoms with Crippen LogP contribution in [0.3, 0.4) is 0 Å². The summed E-state index contributed by atoms with van der Waals surface area (Å²) in [5.41, 5.74) is 1.33. The van der Waals surface area contributed by atoms with Crippen LogP contribution in [-0.4, -0.2) is 18.1 Å². The highest BCUT2D eigenvalue weighted by atomic mass is 15.2. The van der Waals surface area contributed by atoms with E-state index in [0.717, 1.165) is 5.82 Å². The molecule has 0 amide bonds. The SMILES string of the molecule is CC(C)c1ccc(N2CCCCC2)nc1. The third-order valence-corrected chi connectivity index (χ3v) is 3.12. The predicted molar refractivity (Wildman–Crippen MR) is 64.4 cm³/mol. The van der Waals surface area contributed by atoms with Gasteiger partial charge in [-0.2, -0.15) is 0 Å². The molecule has 0 N–H and O–H groups in total. The van der Waals surface area contributed by atoms with E-state index in [0.29, 0.717) is 5.92 Å². The first-order valence-electron chi connectivity index (χ1n) is 5.98. The van der Waals surface area contributed by atoms with Gasteiger partial charge in [-0.1, -0.05) is 19.9 Å². The summed E-state index contributed by atoms with van der Waals surface area (Å²) in [7, 11) is 0. The molecule has 2 rings (SSSR count). The number of hydrogen-bond acceptors (Lipinski definition) is 2. The molecular weight excluding hydrogens is 184 g/mol. The third kappa shape index (κ3) is 2.49. The maximum atomic E-state index is 4.55. The van der Waals surface area contributed by atoms with Crippen molar-refractivity contribution >= 4 is 5.82 Å². The van der Waals surface area contributed by atoms with Crippen LogP contribution in [0.2, 0.25) is 0 Å². The number of nitrogens with zero attached hydrogens (tertiary/aromatic N) is 2. The average Bonchev–Trinajstić information content (AvgIpc) is 2.30. The van der Waals surface area contributed by atoms with Gasteiger partial charge in [0.25, 0.3) is 0 Å². The Hall–Kier alpha value is -1.05. The standard InChI is InChI=1S/C13H20N2/c1-11(2)12-6-7-13(14-10-12)15-8-4-3-5-9-15/h6-7,10-11H,3-5,8-9H2,1-2H3. The molecule has 0 bridgehead atoms. The monoisotopic (exact) mass is 204 g/mol.